The first kappa shape index (κ1) is 22.5. The Hall–Kier alpha value is -4.28. The van der Waals surface area contributed by atoms with Gasteiger partial charge in [0.2, 0.25) is 17.6 Å². The van der Waals surface area contributed by atoms with Crippen LogP contribution in [0.5, 0.6) is 5.75 Å². The van der Waals surface area contributed by atoms with Gasteiger partial charge in [0.15, 0.2) is 5.82 Å². The normalized spacial score (nSPS) is 17.8. The number of phenols is 1. The summed E-state index contributed by atoms with van der Waals surface area (Å²) in [5.41, 5.74) is 0.987. The van der Waals surface area contributed by atoms with Crippen LogP contribution in [0.15, 0.2) is 51.9 Å². The standard InChI is InChI=1S/C24H25N7O4/c32-17-8-6-14(7-9-17)22-28-20(35-31-22)11-10-19(33)26-15-3-1-4-16(13-15)27-23-21-18(5-2-12-25-21)24(34)30-29-23/h2,5-9,12,15-16,32H,1,3-4,10-11,13H2,(H,26,33)(H,27,29)(H,30,34). The van der Waals surface area contributed by atoms with Crippen LogP contribution in [0, 0.1) is 0 Å². The van der Waals surface area contributed by atoms with Crippen LogP contribution in [0.3, 0.4) is 0 Å². The molecule has 0 bridgehead atoms. The number of aromatic nitrogens is 5. The molecule has 35 heavy (non-hydrogen) atoms. The summed E-state index contributed by atoms with van der Waals surface area (Å²) in [7, 11) is 0. The number of nitrogens with zero attached hydrogens (tertiary/aromatic N) is 4. The highest BCUT2D eigenvalue weighted by Gasteiger charge is 2.24. The molecule has 5 rings (SSSR count). The minimum absolute atomic E-state index is 0.0333. The molecule has 0 saturated heterocycles. The number of aryl methyl sites for hydroxylation is 1. The lowest BCUT2D eigenvalue weighted by Gasteiger charge is -2.30. The molecule has 3 aromatic heterocycles. The first-order chi connectivity index (χ1) is 17.0. The number of rotatable bonds is 7. The molecule has 0 radical (unpaired) electrons. The Morgan fingerprint density at radius 1 is 1.17 bits per heavy atom. The Labute approximate surface area is 200 Å². The number of aromatic hydroxyl groups is 1. The number of benzene rings is 1. The first-order valence-electron chi connectivity index (χ1n) is 11.6. The molecule has 1 aliphatic carbocycles. The van der Waals surface area contributed by atoms with E-state index in [1.165, 1.54) is 0 Å². The average molecular weight is 476 g/mol. The van der Waals surface area contributed by atoms with Gasteiger partial charge in [0.05, 0.1) is 5.39 Å². The average Bonchev–Trinajstić information content (AvgIpc) is 3.35. The number of nitrogens with one attached hydrogen (secondary N) is 3. The van der Waals surface area contributed by atoms with Crippen LogP contribution in [0.4, 0.5) is 5.82 Å². The number of H-pyrrole nitrogens is 1. The Kier molecular flexibility index (Phi) is 6.38. The van der Waals surface area contributed by atoms with Gasteiger partial charge in [0.1, 0.15) is 11.3 Å². The van der Waals surface area contributed by atoms with Crippen LogP contribution >= 0.6 is 0 Å². The summed E-state index contributed by atoms with van der Waals surface area (Å²) in [6.45, 7) is 0. The van der Waals surface area contributed by atoms with Crippen LogP contribution in [0.2, 0.25) is 0 Å². The van der Waals surface area contributed by atoms with Crippen LogP contribution in [-0.2, 0) is 11.2 Å². The SMILES string of the molecule is O=C(CCc1nc(-c2ccc(O)cc2)no1)NC1CCCC(Nc2n[nH]c(=O)c3cccnc23)C1. The lowest BCUT2D eigenvalue weighted by atomic mass is 9.90. The number of fused-ring (bicyclic) bond motifs is 1. The zero-order valence-corrected chi connectivity index (χ0v) is 18.9. The van der Waals surface area contributed by atoms with Gasteiger partial charge in [-0.1, -0.05) is 5.16 Å². The number of pyridine rings is 1. The number of carbonyl (C=O) groups is 1. The maximum absolute atomic E-state index is 12.6. The van der Waals surface area contributed by atoms with Crippen molar-refractivity contribution >= 4 is 22.6 Å². The first-order valence-corrected chi connectivity index (χ1v) is 11.6. The van der Waals surface area contributed by atoms with E-state index in [1.54, 1.807) is 42.6 Å². The Morgan fingerprint density at radius 2 is 2.00 bits per heavy atom. The highest BCUT2D eigenvalue weighted by Crippen LogP contribution is 2.24. The minimum Gasteiger partial charge on any atom is -0.508 e. The second-order valence-electron chi connectivity index (χ2n) is 8.63. The summed E-state index contributed by atoms with van der Waals surface area (Å²) < 4.78 is 5.26. The van der Waals surface area contributed by atoms with E-state index in [0.29, 0.717) is 34.9 Å². The number of anilines is 1. The molecule has 180 valence electrons. The number of hydrogen-bond donors (Lipinski definition) is 4. The Balaban J connectivity index is 1.14. The third kappa shape index (κ3) is 5.29. The largest absolute Gasteiger partial charge is 0.508 e. The molecule has 4 aromatic rings. The molecule has 1 fully saturated rings. The van der Waals surface area contributed by atoms with Gasteiger partial charge in [-0.3, -0.25) is 14.6 Å². The van der Waals surface area contributed by atoms with E-state index in [1.807, 2.05) is 0 Å². The molecule has 1 saturated carbocycles. The predicted octanol–water partition coefficient (Wildman–Crippen LogP) is 2.55. The smallest absolute Gasteiger partial charge is 0.273 e. The van der Waals surface area contributed by atoms with Gasteiger partial charge in [-0.2, -0.15) is 10.1 Å². The Morgan fingerprint density at radius 3 is 2.86 bits per heavy atom. The van der Waals surface area contributed by atoms with E-state index in [4.69, 9.17) is 4.52 Å². The molecule has 1 aliphatic rings. The van der Waals surface area contributed by atoms with Gasteiger partial charge >= 0.3 is 0 Å². The van der Waals surface area contributed by atoms with E-state index in [-0.39, 0.29) is 35.7 Å². The van der Waals surface area contributed by atoms with Crippen molar-refractivity contribution in [2.45, 2.75) is 50.6 Å². The molecule has 1 amide bonds. The molecule has 1 aromatic carbocycles. The number of amides is 1. The molecule has 2 unspecified atom stereocenters. The van der Waals surface area contributed by atoms with Gasteiger partial charge in [-0.15, -0.1) is 0 Å². The van der Waals surface area contributed by atoms with Crippen LogP contribution in [0.1, 0.15) is 38.0 Å². The molecule has 11 heteroatoms. The molecular formula is C24H25N7O4. The van der Waals surface area contributed by atoms with Crippen molar-refractivity contribution in [1.29, 1.82) is 0 Å². The van der Waals surface area contributed by atoms with Crippen LogP contribution < -0.4 is 16.2 Å². The minimum atomic E-state index is -0.274. The Bertz CT molecular complexity index is 1380. The van der Waals surface area contributed by atoms with Gasteiger partial charge < -0.3 is 20.3 Å². The van der Waals surface area contributed by atoms with Gasteiger partial charge in [-0.25, -0.2) is 5.10 Å². The zero-order chi connectivity index (χ0) is 24.2. The van der Waals surface area contributed by atoms with Gasteiger partial charge in [0, 0.05) is 36.7 Å². The van der Waals surface area contributed by atoms with Crippen molar-refractivity contribution < 1.29 is 14.4 Å². The summed E-state index contributed by atoms with van der Waals surface area (Å²) in [5, 5.41) is 27.0. The van der Waals surface area contributed by atoms with E-state index < -0.39 is 0 Å². The second kappa shape index (κ2) is 9.92. The highest BCUT2D eigenvalue weighted by molar-refractivity contribution is 5.86. The van der Waals surface area contributed by atoms with Crippen LogP contribution in [-0.4, -0.2) is 48.4 Å². The highest BCUT2D eigenvalue weighted by atomic mass is 16.5. The molecule has 0 spiro atoms. The van der Waals surface area contributed by atoms with Crippen molar-refractivity contribution in [3.05, 3.63) is 58.8 Å². The van der Waals surface area contributed by atoms with Crippen molar-refractivity contribution in [3.63, 3.8) is 0 Å². The maximum Gasteiger partial charge on any atom is 0.273 e. The molecule has 3 heterocycles. The van der Waals surface area contributed by atoms with Crippen molar-refractivity contribution in [2.75, 3.05) is 5.32 Å². The van der Waals surface area contributed by atoms with E-state index >= 15 is 0 Å². The summed E-state index contributed by atoms with van der Waals surface area (Å²) >= 11 is 0. The summed E-state index contributed by atoms with van der Waals surface area (Å²) in [4.78, 5) is 33.2. The quantitative estimate of drug-likeness (QED) is 0.315. The van der Waals surface area contributed by atoms with E-state index in [0.717, 1.165) is 31.2 Å². The number of carbonyl (C=O) groups excluding carboxylic acids is 1. The summed E-state index contributed by atoms with van der Waals surface area (Å²) in [6, 6.07) is 10.1. The lowest BCUT2D eigenvalue weighted by Crippen LogP contribution is -2.42. The fraction of sp³-hybridized carbons (Fsp3) is 0.333. The summed E-state index contributed by atoms with van der Waals surface area (Å²) in [5.74, 6) is 1.43. The molecule has 4 N–H and O–H groups in total. The van der Waals surface area contributed by atoms with Gasteiger partial charge in [0.25, 0.3) is 5.56 Å². The van der Waals surface area contributed by atoms with Crippen molar-refractivity contribution in [1.82, 2.24) is 30.6 Å². The lowest BCUT2D eigenvalue weighted by molar-refractivity contribution is -0.122. The number of phenolic OH excluding ortho intramolecular Hbond substituents is 1. The third-order valence-electron chi connectivity index (χ3n) is 6.09. The maximum atomic E-state index is 12.6. The molecule has 11 nitrogen and oxygen atoms in total. The molecular weight excluding hydrogens is 450 g/mol. The van der Waals surface area contributed by atoms with E-state index in [9.17, 15) is 14.7 Å². The number of aromatic amines is 1. The molecule has 2 atom stereocenters. The summed E-state index contributed by atoms with van der Waals surface area (Å²) in [6.07, 6.45) is 5.74. The van der Waals surface area contributed by atoms with Crippen molar-refractivity contribution in [2.24, 2.45) is 0 Å². The molecule has 0 aliphatic heterocycles. The third-order valence-corrected chi connectivity index (χ3v) is 6.09. The predicted molar refractivity (Wildman–Crippen MR) is 128 cm³/mol. The van der Waals surface area contributed by atoms with E-state index in [2.05, 4.69) is 36.0 Å². The topological polar surface area (TPSA) is 159 Å². The van der Waals surface area contributed by atoms with Gasteiger partial charge in [-0.05, 0) is 62.1 Å². The number of hydrogen-bond acceptors (Lipinski definition) is 9. The van der Waals surface area contributed by atoms with Crippen molar-refractivity contribution in [3.8, 4) is 17.1 Å². The zero-order valence-electron chi connectivity index (χ0n) is 18.9. The van der Waals surface area contributed by atoms with Crippen LogP contribution in [0.25, 0.3) is 22.3 Å². The second-order valence-corrected chi connectivity index (χ2v) is 8.63. The fourth-order valence-electron chi connectivity index (χ4n) is 4.35. The monoisotopic (exact) mass is 475 g/mol. The fourth-order valence-corrected chi connectivity index (χ4v) is 4.35.